The Balaban J connectivity index is 1.58. The number of nitrogens with zero attached hydrogens (tertiary/aromatic N) is 4. The zero-order chi connectivity index (χ0) is 18.4. The second-order valence-electron chi connectivity index (χ2n) is 7.64. The fourth-order valence-electron chi connectivity index (χ4n) is 3.54. The minimum atomic E-state index is -4.34. The third kappa shape index (κ3) is 3.71. The molecule has 0 saturated heterocycles. The lowest BCUT2D eigenvalue weighted by atomic mass is 9.90. The van der Waals surface area contributed by atoms with Gasteiger partial charge in [-0.2, -0.15) is 18.4 Å². The molecular formula is C17H22F3N5O. The molecule has 6 nitrogen and oxygen atoms in total. The first kappa shape index (κ1) is 17.4. The highest BCUT2D eigenvalue weighted by atomic mass is 19.4. The van der Waals surface area contributed by atoms with Gasteiger partial charge in [-0.3, -0.25) is 0 Å². The van der Waals surface area contributed by atoms with Crippen molar-refractivity contribution in [1.29, 1.82) is 0 Å². The first-order chi connectivity index (χ1) is 12.4. The van der Waals surface area contributed by atoms with Gasteiger partial charge in [-0.1, -0.05) is 18.1 Å². The molecule has 0 aromatic carbocycles. The Bertz CT molecular complexity index is 706. The van der Waals surface area contributed by atoms with E-state index in [4.69, 9.17) is 4.74 Å². The predicted molar refractivity (Wildman–Crippen MR) is 86.5 cm³/mol. The van der Waals surface area contributed by atoms with E-state index in [9.17, 15) is 13.2 Å². The molecule has 26 heavy (non-hydrogen) atoms. The van der Waals surface area contributed by atoms with Gasteiger partial charge in [0.15, 0.2) is 12.4 Å². The summed E-state index contributed by atoms with van der Waals surface area (Å²) >= 11 is 0. The maximum atomic E-state index is 12.5. The second kappa shape index (κ2) is 6.28. The standard InChI is InChI=1S/C17H22F3N5O/c1-16(8-11-2-3-11,15-21-23-24-22-15)25-7-6-14(26-10-17(18,19)20)13(9-25)12-4-5-12/h6,9,11-12H,2-5,7-8,10H2,1H3,(H,21,22,23,24). The first-order valence-corrected chi connectivity index (χ1v) is 8.97. The summed E-state index contributed by atoms with van der Waals surface area (Å²) < 4.78 is 42.7. The molecule has 1 aromatic rings. The summed E-state index contributed by atoms with van der Waals surface area (Å²) in [6, 6.07) is 0. The molecule has 0 bridgehead atoms. The third-order valence-corrected chi connectivity index (χ3v) is 5.31. The molecule has 1 unspecified atom stereocenters. The predicted octanol–water partition coefficient (Wildman–Crippen LogP) is 3.29. The molecule has 9 heteroatoms. The largest absolute Gasteiger partial charge is 0.484 e. The number of hydrogen-bond acceptors (Lipinski definition) is 5. The van der Waals surface area contributed by atoms with Crippen molar-refractivity contribution in [2.75, 3.05) is 13.2 Å². The number of rotatable bonds is 7. The van der Waals surface area contributed by atoms with E-state index in [0.717, 1.165) is 24.8 Å². The highest BCUT2D eigenvalue weighted by Gasteiger charge is 2.43. The van der Waals surface area contributed by atoms with Gasteiger partial charge >= 0.3 is 6.18 Å². The maximum absolute atomic E-state index is 12.5. The highest BCUT2D eigenvalue weighted by molar-refractivity contribution is 5.35. The fourth-order valence-corrected chi connectivity index (χ4v) is 3.54. The van der Waals surface area contributed by atoms with Crippen LogP contribution in [0.3, 0.4) is 0 Å². The number of tetrazole rings is 1. The molecule has 0 radical (unpaired) electrons. The van der Waals surface area contributed by atoms with Crippen LogP contribution in [0.1, 0.15) is 44.9 Å². The Morgan fingerprint density at radius 2 is 2.04 bits per heavy atom. The number of aromatic amines is 1. The van der Waals surface area contributed by atoms with Crippen molar-refractivity contribution >= 4 is 0 Å². The first-order valence-electron chi connectivity index (χ1n) is 8.97. The zero-order valence-electron chi connectivity index (χ0n) is 14.6. The Hall–Kier alpha value is -2.06. The molecule has 2 aliphatic carbocycles. The molecule has 1 aliphatic heterocycles. The van der Waals surface area contributed by atoms with E-state index in [-0.39, 0.29) is 5.92 Å². The van der Waals surface area contributed by atoms with Crippen molar-refractivity contribution < 1.29 is 17.9 Å². The van der Waals surface area contributed by atoms with Crippen LogP contribution < -0.4 is 0 Å². The second-order valence-corrected chi connectivity index (χ2v) is 7.64. The van der Waals surface area contributed by atoms with Crippen LogP contribution >= 0.6 is 0 Å². The summed E-state index contributed by atoms with van der Waals surface area (Å²) in [5, 5.41) is 14.6. The molecule has 0 spiro atoms. The number of H-pyrrole nitrogens is 1. The van der Waals surface area contributed by atoms with E-state index in [2.05, 4.69) is 32.4 Å². The molecule has 2 fully saturated rings. The Labute approximate surface area is 149 Å². The van der Waals surface area contributed by atoms with Crippen LogP contribution in [0.5, 0.6) is 0 Å². The Kier molecular flexibility index (Phi) is 4.19. The molecule has 4 rings (SSSR count). The van der Waals surface area contributed by atoms with E-state index in [1.807, 2.05) is 6.20 Å². The van der Waals surface area contributed by atoms with Crippen LogP contribution in [0.2, 0.25) is 0 Å². The number of halogens is 3. The molecule has 2 heterocycles. The number of ether oxygens (including phenoxy) is 1. The summed E-state index contributed by atoms with van der Waals surface area (Å²) in [5.41, 5.74) is 0.409. The van der Waals surface area contributed by atoms with Gasteiger partial charge in [-0.15, -0.1) is 10.2 Å². The van der Waals surface area contributed by atoms with Crippen LogP contribution in [-0.2, 0) is 10.3 Å². The van der Waals surface area contributed by atoms with E-state index in [1.54, 1.807) is 6.08 Å². The lowest BCUT2D eigenvalue weighted by molar-refractivity contribution is -0.164. The van der Waals surface area contributed by atoms with Gasteiger partial charge in [0.1, 0.15) is 11.3 Å². The van der Waals surface area contributed by atoms with E-state index < -0.39 is 18.3 Å². The number of nitrogens with one attached hydrogen (secondary N) is 1. The average molecular weight is 369 g/mol. The van der Waals surface area contributed by atoms with Crippen LogP contribution in [-0.4, -0.2) is 44.9 Å². The van der Waals surface area contributed by atoms with Gasteiger partial charge in [0.05, 0.1) is 0 Å². The lowest BCUT2D eigenvalue weighted by Gasteiger charge is -2.40. The summed E-state index contributed by atoms with van der Waals surface area (Å²) in [6.07, 6.45) is 4.62. The molecule has 1 atom stereocenters. The van der Waals surface area contributed by atoms with Gasteiger partial charge in [0.2, 0.25) is 0 Å². The Morgan fingerprint density at radius 3 is 2.62 bits per heavy atom. The summed E-state index contributed by atoms with van der Waals surface area (Å²) in [6.45, 7) is 1.28. The molecular weight excluding hydrogens is 347 g/mol. The van der Waals surface area contributed by atoms with Gasteiger partial charge in [0.25, 0.3) is 0 Å². The van der Waals surface area contributed by atoms with Gasteiger partial charge in [-0.25, -0.2) is 0 Å². The topological polar surface area (TPSA) is 66.9 Å². The molecule has 142 valence electrons. The quantitative estimate of drug-likeness (QED) is 0.799. The van der Waals surface area contributed by atoms with Crippen molar-refractivity contribution in [3.8, 4) is 0 Å². The smallest absolute Gasteiger partial charge is 0.422 e. The van der Waals surface area contributed by atoms with Crippen LogP contribution in [0, 0.1) is 11.8 Å². The third-order valence-electron chi connectivity index (χ3n) is 5.31. The van der Waals surface area contributed by atoms with Gasteiger partial charge in [0, 0.05) is 18.3 Å². The molecule has 3 aliphatic rings. The van der Waals surface area contributed by atoms with Gasteiger partial charge < -0.3 is 9.64 Å². The normalized spacial score (nSPS) is 23.3. The molecule has 0 amide bonds. The van der Waals surface area contributed by atoms with Crippen LogP contribution in [0.15, 0.2) is 23.6 Å². The number of hydrogen-bond donors (Lipinski definition) is 1. The summed E-state index contributed by atoms with van der Waals surface area (Å²) in [7, 11) is 0. The van der Waals surface area contributed by atoms with Crippen molar-refractivity contribution in [2.24, 2.45) is 11.8 Å². The highest BCUT2D eigenvalue weighted by Crippen LogP contribution is 2.46. The minimum Gasteiger partial charge on any atom is -0.484 e. The number of alkyl halides is 3. The summed E-state index contributed by atoms with van der Waals surface area (Å²) in [4.78, 5) is 2.13. The number of aromatic nitrogens is 4. The van der Waals surface area contributed by atoms with Crippen molar-refractivity contribution in [3.63, 3.8) is 0 Å². The van der Waals surface area contributed by atoms with E-state index >= 15 is 0 Å². The van der Waals surface area contributed by atoms with Crippen molar-refractivity contribution in [2.45, 2.75) is 50.7 Å². The van der Waals surface area contributed by atoms with E-state index in [1.165, 1.54) is 12.8 Å². The van der Waals surface area contributed by atoms with Crippen molar-refractivity contribution in [3.05, 3.63) is 29.4 Å². The fraction of sp³-hybridized carbons (Fsp3) is 0.706. The lowest BCUT2D eigenvalue weighted by Crippen LogP contribution is -2.43. The SMILES string of the molecule is CC(CC1CC1)(c1nn[nH]n1)N1C=C(C2CC2)C(OCC(F)(F)F)=CC1. The number of allylic oxidation sites excluding steroid dienone is 1. The van der Waals surface area contributed by atoms with Crippen LogP contribution in [0.25, 0.3) is 0 Å². The van der Waals surface area contributed by atoms with E-state index in [0.29, 0.717) is 24.0 Å². The maximum Gasteiger partial charge on any atom is 0.422 e. The molecule has 1 aromatic heterocycles. The average Bonchev–Trinajstić information content (AvgIpc) is 3.52. The summed E-state index contributed by atoms with van der Waals surface area (Å²) in [5.74, 6) is 1.88. The Morgan fingerprint density at radius 1 is 1.27 bits per heavy atom. The van der Waals surface area contributed by atoms with Crippen LogP contribution in [0.4, 0.5) is 13.2 Å². The molecule has 1 N–H and O–H groups in total. The van der Waals surface area contributed by atoms with Crippen molar-refractivity contribution in [1.82, 2.24) is 25.5 Å². The molecule has 2 saturated carbocycles. The minimum absolute atomic E-state index is 0.271. The monoisotopic (exact) mass is 369 g/mol. The zero-order valence-corrected chi connectivity index (χ0v) is 14.6. The van der Waals surface area contributed by atoms with Gasteiger partial charge in [-0.05, 0) is 44.1 Å².